The number of fused-ring (bicyclic) bond motifs is 2. The molecule has 2 aromatic carbocycles. The van der Waals surface area contributed by atoms with Crippen molar-refractivity contribution in [1.82, 2.24) is 0 Å². The van der Waals surface area contributed by atoms with E-state index < -0.39 is 33.3 Å². The van der Waals surface area contributed by atoms with E-state index in [0.717, 1.165) is 12.1 Å². The highest BCUT2D eigenvalue weighted by molar-refractivity contribution is 7.92. The maximum atomic E-state index is 13.4. The molecule has 2 aromatic rings. The lowest BCUT2D eigenvalue weighted by Crippen LogP contribution is -2.47. The van der Waals surface area contributed by atoms with E-state index in [9.17, 15) is 26.4 Å². The predicted molar refractivity (Wildman–Crippen MR) is 137 cm³/mol. The van der Waals surface area contributed by atoms with Crippen molar-refractivity contribution < 1.29 is 40.6 Å². The molecule has 8 nitrogen and oxygen atoms in total. The van der Waals surface area contributed by atoms with Crippen molar-refractivity contribution in [2.24, 2.45) is 0 Å². The number of halogens is 3. The van der Waals surface area contributed by atoms with Gasteiger partial charge in [0, 0.05) is 50.1 Å². The SMILES string of the molecule is CCN1c2cccc(NC(=O)/C=C3\CC(COC)(COC)Oc4cc(C(F)(F)F)ccc43)c2CCS1(=O)=O. The van der Waals surface area contributed by atoms with Gasteiger partial charge in [-0.1, -0.05) is 12.1 Å². The normalized spacial score (nSPS) is 18.9. The first-order chi connectivity index (χ1) is 17.9. The fraction of sp³-hybridized carbons (Fsp3) is 0.423. The van der Waals surface area contributed by atoms with Gasteiger partial charge in [0.25, 0.3) is 0 Å². The van der Waals surface area contributed by atoms with Crippen LogP contribution in [0.3, 0.4) is 0 Å². The van der Waals surface area contributed by atoms with Crippen LogP contribution in [0.15, 0.2) is 42.5 Å². The van der Waals surface area contributed by atoms with Gasteiger partial charge in [-0.15, -0.1) is 0 Å². The molecule has 1 N–H and O–H groups in total. The molecule has 0 unspecified atom stereocenters. The van der Waals surface area contributed by atoms with E-state index in [0.29, 0.717) is 28.1 Å². The minimum absolute atomic E-state index is 0.0169. The minimum Gasteiger partial charge on any atom is -0.481 e. The average Bonchev–Trinajstić information content (AvgIpc) is 2.83. The van der Waals surface area contributed by atoms with Crippen LogP contribution >= 0.6 is 0 Å². The van der Waals surface area contributed by atoms with E-state index in [1.807, 2.05) is 0 Å². The molecule has 2 aliphatic rings. The molecule has 0 aliphatic carbocycles. The Balaban J connectivity index is 1.71. The van der Waals surface area contributed by atoms with Gasteiger partial charge >= 0.3 is 6.18 Å². The molecule has 0 spiro atoms. The van der Waals surface area contributed by atoms with Gasteiger partial charge in [0.15, 0.2) is 5.60 Å². The molecule has 0 aromatic heterocycles. The molecule has 0 saturated carbocycles. The molecule has 12 heteroatoms. The third-order valence-corrected chi connectivity index (χ3v) is 8.37. The van der Waals surface area contributed by atoms with Crippen LogP contribution < -0.4 is 14.4 Å². The molecule has 2 aliphatic heterocycles. The summed E-state index contributed by atoms with van der Waals surface area (Å²) in [6.07, 6.45) is -2.86. The van der Waals surface area contributed by atoms with Gasteiger partial charge in [-0.25, -0.2) is 8.42 Å². The van der Waals surface area contributed by atoms with Crippen LogP contribution in [-0.2, 0) is 36.9 Å². The van der Waals surface area contributed by atoms with E-state index in [-0.39, 0.29) is 44.1 Å². The number of carbonyl (C=O) groups excluding carboxylic acids is 1. The van der Waals surface area contributed by atoms with E-state index >= 15 is 0 Å². The molecule has 0 saturated heterocycles. The second kappa shape index (κ2) is 10.6. The molecule has 2 heterocycles. The first-order valence-corrected chi connectivity index (χ1v) is 13.6. The summed E-state index contributed by atoms with van der Waals surface area (Å²) in [4.78, 5) is 13.2. The van der Waals surface area contributed by atoms with Crippen molar-refractivity contribution in [2.45, 2.75) is 31.5 Å². The number of nitrogens with one attached hydrogen (secondary N) is 1. The second-order valence-electron chi connectivity index (χ2n) is 9.23. The number of alkyl halides is 3. The summed E-state index contributed by atoms with van der Waals surface area (Å²) in [7, 11) is -0.553. The van der Waals surface area contributed by atoms with Crippen LogP contribution in [-0.4, -0.2) is 59.7 Å². The fourth-order valence-electron chi connectivity index (χ4n) is 4.99. The lowest BCUT2D eigenvalue weighted by molar-refractivity contribution is -0.138. The van der Waals surface area contributed by atoms with E-state index in [4.69, 9.17) is 14.2 Å². The topological polar surface area (TPSA) is 94.2 Å². The Hall–Kier alpha value is -3.09. The fourth-order valence-corrected chi connectivity index (χ4v) is 6.54. The molecule has 38 heavy (non-hydrogen) atoms. The Labute approximate surface area is 219 Å². The Bertz CT molecular complexity index is 1350. The minimum atomic E-state index is -4.57. The highest BCUT2D eigenvalue weighted by Crippen LogP contribution is 2.44. The number of amides is 1. The molecule has 206 valence electrons. The van der Waals surface area contributed by atoms with Crippen molar-refractivity contribution in [3.63, 3.8) is 0 Å². The third kappa shape index (κ3) is 5.52. The molecule has 0 radical (unpaired) electrons. The molecule has 0 atom stereocenters. The van der Waals surface area contributed by atoms with Gasteiger partial charge in [0.2, 0.25) is 15.9 Å². The number of ether oxygens (including phenoxy) is 3. The van der Waals surface area contributed by atoms with Crippen LogP contribution in [0.2, 0.25) is 0 Å². The quantitative estimate of drug-likeness (QED) is 0.515. The maximum Gasteiger partial charge on any atom is 0.416 e. The molecule has 1 amide bonds. The summed E-state index contributed by atoms with van der Waals surface area (Å²) in [6.45, 7) is 2.03. The Morgan fingerprint density at radius 1 is 1.18 bits per heavy atom. The predicted octanol–water partition coefficient (Wildman–Crippen LogP) is 4.25. The monoisotopic (exact) mass is 554 g/mol. The number of carbonyl (C=O) groups is 1. The van der Waals surface area contributed by atoms with Crippen LogP contribution in [0.1, 0.15) is 30.0 Å². The number of hydrogen-bond acceptors (Lipinski definition) is 6. The van der Waals surface area contributed by atoms with Crippen molar-refractivity contribution in [3.05, 3.63) is 59.2 Å². The first-order valence-electron chi connectivity index (χ1n) is 12.0. The van der Waals surface area contributed by atoms with E-state index in [1.165, 1.54) is 30.7 Å². The highest BCUT2D eigenvalue weighted by atomic mass is 32.2. The summed E-state index contributed by atoms with van der Waals surface area (Å²) < 4.78 is 83.1. The third-order valence-electron chi connectivity index (χ3n) is 6.52. The highest BCUT2D eigenvalue weighted by Gasteiger charge is 2.41. The number of benzene rings is 2. The maximum absolute atomic E-state index is 13.4. The first kappa shape index (κ1) is 27.9. The molecular weight excluding hydrogens is 525 g/mol. The Morgan fingerprint density at radius 3 is 2.53 bits per heavy atom. The van der Waals surface area contributed by atoms with Gasteiger partial charge in [-0.05, 0) is 43.2 Å². The largest absolute Gasteiger partial charge is 0.481 e. The molecular formula is C26H29F3N2O6S. The zero-order valence-corrected chi connectivity index (χ0v) is 22.0. The summed E-state index contributed by atoms with van der Waals surface area (Å²) in [5.74, 6) is -0.619. The summed E-state index contributed by atoms with van der Waals surface area (Å²) in [6, 6.07) is 8.19. The Morgan fingerprint density at radius 2 is 1.89 bits per heavy atom. The van der Waals surface area contributed by atoms with E-state index in [1.54, 1.807) is 25.1 Å². The zero-order valence-electron chi connectivity index (χ0n) is 21.2. The number of methoxy groups -OCH3 is 2. The van der Waals surface area contributed by atoms with Gasteiger partial charge in [0.05, 0.1) is 30.2 Å². The van der Waals surface area contributed by atoms with Gasteiger partial charge in [0.1, 0.15) is 5.75 Å². The van der Waals surface area contributed by atoms with Crippen LogP contribution in [0.5, 0.6) is 5.75 Å². The van der Waals surface area contributed by atoms with Crippen molar-refractivity contribution in [3.8, 4) is 5.75 Å². The number of sulfonamides is 1. The van der Waals surface area contributed by atoms with Gasteiger partial charge < -0.3 is 19.5 Å². The lowest BCUT2D eigenvalue weighted by atomic mass is 9.86. The smallest absolute Gasteiger partial charge is 0.416 e. The summed E-state index contributed by atoms with van der Waals surface area (Å²) in [5.41, 5.74) is 0.470. The number of rotatable bonds is 7. The van der Waals surface area contributed by atoms with Crippen molar-refractivity contribution in [1.29, 1.82) is 0 Å². The zero-order chi connectivity index (χ0) is 27.7. The van der Waals surface area contributed by atoms with Crippen molar-refractivity contribution in [2.75, 3.05) is 49.4 Å². The number of nitrogens with zero attached hydrogens (tertiary/aromatic N) is 1. The van der Waals surface area contributed by atoms with Gasteiger partial charge in [-0.2, -0.15) is 13.2 Å². The van der Waals surface area contributed by atoms with Crippen LogP contribution in [0.4, 0.5) is 24.5 Å². The van der Waals surface area contributed by atoms with Crippen LogP contribution in [0, 0.1) is 0 Å². The lowest BCUT2D eigenvalue weighted by Gasteiger charge is -2.39. The average molecular weight is 555 g/mol. The molecule has 0 fully saturated rings. The summed E-state index contributed by atoms with van der Waals surface area (Å²) in [5, 5.41) is 2.83. The number of hydrogen-bond donors (Lipinski definition) is 1. The standard InChI is InChI=1S/C26H29F3N2O6S/c1-4-31-22-7-5-6-21(20(22)10-11-38(31,33)34)30-24(32)12-17-14-25(15-35-2,16-36-3)37-23-13-18(26(27,28)29)8-9-19(17)23/h5-9,12-13H,4,10-11,14-16H2,1-3H3,(H,30,32)/b17-12+. The number of anilines is 2. The molecule has 0 bridgehead atoms. The van der Waals surface area contributed by atoms with E-state index in [2.05, 4.69) is 5.32 Å². The second-order valence-corrected chi connectivity index (χ2v) is 11.2. The Kier molecular flexibility index (Phi) is 7.78. The van der Waals surface area contributed by atoms with Crippen molar-refractivity contribution >= 4 is 32.9 Å². The van der Waals surface area contributed by atoms with Gasteiger partial charge in [-0.3, -0.25) is 9.10 Å². The summed E-state index contributed by atoms with van der Waals surface area (Å²) >= 11 is 0. The molecule has 4 rings (SSSR count). The van der Waals surface area contributed by atoms with Crippen LogP contribution in [0.25, 0.3) is 5.57 Å².